The van der Waals surface area contributed by atoms with E-state index in [4.69, 9.17) is 27.9 Å². The Morgan fingerprint density at radius 1 is 1.16 bits per heavy atom. The van der Waals surface area contributed by atoms with Gasteiger partial charge in [-0.3, -0.25) is 9.69 Å². The first kappa shape index (κ1) is 18.1. The maximum Gasteiger partial charge on any atom is 0.259 e. The van der Waals surface area contributed by atoms with E-state index >= 15 is 0 Å². The molecule has 0 spiro atoms. The van der Waals surface area contributed by atoms with Crippen molar-refractivity contribution in [2.75, 3.05) is 25.5 Å². The molecule has 3 rings (SSSR count). The zero-order valence-electron chi connectivity index (χ0n) is 14.0. The average molecular weight is 379 g/mol. The second-order valence-corrected chi connectivity index (χ2v) is 6.95. The van der Waals surface area contributed by atoms with Gasteiger partial charge < -0.3 is 10.1 Å². The molecule has 2 aromatic carbocycles. The van der Waals surface area contributed by atoms with Gasteiger partial charge in [-0.15, -0.1) is 0 Å². The van der Waals surface area contributed by atoms with Crippen molar-refractivity contribution in [2.45, 2.75) is 19.4 Å². The van der Waals surface area contributed by atoms with Crippen LogP contribution in [0.15, 0.2) is 36.4 Å². The molecule has 1 heterocycles. The van der Waals surface area contributed by atoms with Crippen molar-refractivity contribution < 1.29 is 9.53 Å². The molecule has 0 aliphatic carbocycles. The van der Waals surface area contributed by atoms with Gasteiger partial charge in [-0.05, 0) is 55.8 Å². The molecule has 4 nitrogen and oxygen atoms in total. The first-order valence-electron chi connectivity index (χ1n) is 8.22. The van der Waals surface area contributed by atoms with Crippen LogP contribution in [0.3, 0.4) is 0 Å². The Bertz CT molecular complexity index is 757. The molecular weight excluding hydrogens is 359 g/mol. The Kier molecular flexibility index (Phi) is 5.84. The SMILES string of the molecule is COc1c(Cl)cc(Cl)cc1C(=O)Nc1ccc(CN2CCCC2)cc1. The first-order valence-corrected chi connectivity index (χ1v) is 8.98. The van der Waals surface area contributed by atoms with Crippen LogP contribution in [0.2, 0.25) is 10.0 Å². The fraction of sp³-hybridized carbons (Fsp3) is 0.316. The van der Waals surface area contributed by atoms with Crippen LogP contribution >= 0.6 is 23.2 Å². The number of amides is 1. The maximum absolute atomic E-state index is 12.5. The molecule has 1 aliphatic heterocycles. The molecule has 0 aromatic heterocycles. The van der Waals surface area contributed by atoms with Crippen LogP contribution in [-0.4, -0.2) is 31.0 Å². The van der Waals surface area contributed by atoms with Crippen molar-refractivity contribution in [1.82, 2.24) is 4.90 Å². The summed E-state index contributed by atoms with van der Waals surface area (Å²) in [4.78, 5) is 15.0. The minimum Gasteiger partial charge on any atom is -0.494 e. The summed E-state index contributed by atoms with van der Waals surface area (Å²) in [6, 6.07) is 11.0. The molecule has 25 heavy (non-hydrogen) atoms. The molecule has 0 radical (unpaired) electrons. The number of halogens is 2. The number of nitrogens with zero attached hydrogens (tertiary/aromatic N) is 1. The first-order chi connectivity index (χ1) is 12.1. The van der Waals surface area contributed by atoms with Crippen LogP contribution in [-0.2, 0) is 6.54 Å². The van der Waals surface area contributed by atoms with Crippen molar-refractivity contribution in [3.05, 3.63) is 57.6 Å². The van der Waals surface area contributed by atoms with Crippen LogP contribution in [0.4, 0.5) is 5.69 Å². The third kappa shape index (κ3) is 4.46. The third-order valence-electron chi connectivity index (χ3n) is 4.27. The lowest BCUT2D eigenvalue weighted by atomic mass is 10.1. The minimum absolute atomic E-state index is 0.307. The van der Waals surface area contributed by atoms with E-state index in [0.717, 1.165) is 19.6 Å². The van der Waals surface area contributed by atoms with Crippen molar-refractivity contribution in [1.29, 1.82) is 0 Å². The van der Waals surface area contributed by atoms with E-state index in [1.807, 2.05) is 24.3 Å². The average Bonchev–Trinajstić information content (AvgIpc) is 3.09. The van der Waals surface area contributed by atoms with Crippen molar-refractivity contribution in [3.8, 4) is 5.75 Å². The number of likely N-dealkylation sites (tertiary alicyclic amines) is 1. The summed E-state index contributed by atoms with van der Waals surface area (Å²) in [7, 11) is 1.47. The van der Waals surface area contributed by atoms with Gasteiger partial charge in [0.2, 0.25) is 0 Å². The smallest absolute Gasteiger partial charge is 0.259 e. The number of carbonyl (C=O) groups excluding carboxylic acids is 1. The zero-order valence-corrected chi connectivity index (χ0v) is 15.5. The molecule has 0 bridgehead atoms. The van der Waals surface area contributed by atoms with Gasteiger partial charge in [-0.25, -0.2) is 0 Å². The molecule has 0 unspecified atom stereocenters. The van der Waals surface area contributed by atoms with E-state index in [2.05, 4.69) is 10.2 Å². The summed E-state index contributed by atoms with van der Waals surface area (Å²) in [5.74, 6) is 0.00256. The monoisotopic (exact) mass is 378 g/mol. The number of carbonyl (C=O) groups is 1. The highest BCUT2D eigenvalue weighted by Crippen LogP contribution is 2.32. The number of nitrogens with one attached hydrogen (secondary N) is 1. The zero-order chi connectivity index (χ0) is 17.8. The van der Waals surface area contributed by atoms with Crippen LogP contribution in [0.1, 0.15) is 28.8 Å². The highest BCUT2D eigenvalue weighted by atomic mass is 35.5. The number of rotatable bonds is 5. The Hall–Kier alpha value is -1.75. The summed E-state index contributed by atoms with van der Waals surface area (Å²) in [6.45, 7) is 3.27. The van der Waals surface area contributed by atoms with Gasteiger partial charge in [0.05, 0.1) is 17.7 Å². The maximum atomic E-state index is 12.5. The number of hydrogen-bond acceptors (Lipinski definition) is 3. The van der Waals surface area contributed by atoms with Crippen molar-refractivity contribution >= 4 is 34.8 Å². The van der Waals surface area contributed by atoms with E-state index in [1.165, 1.54) is 25.5 Å². The van der Waals surface area contributed by atoms with Gasteiger partial charge in [0.25, 0.3) is 5.91 Å². The van der Waals surface area contributed by atoms with E-state index in [-0.39, 0.29) is 5.91 Å². The van der Waals surface area contributed by atoms with E-state index in [9.17, 15) is 4.79 Å². The van der Waals surface area contributed by atoms with Gasteiger partial charge in [0, 0.05) is 17.3 Å². The molecule has 1 N–H and O–H groups in total. The lowest BCUT2D eigenvalue weighted by Gasteiger charge is -2.15. The summed E-state index contributed by atoms with van der Waals surface area (Å²) >= 11 is 12.1. The number of ether oxygens (including phenoxy) is 1. The fourth-order valence-electron chi connectivity index (χ4n) is 3.03. The molecule has 6 heteroatoms. The van der Waals surface area contributed by atoms with E-state index in [0.29, 0.717) is 27.0 Å². The molecule has 0 atom stereocenters. The normalized spacial score (nSPS) is 14.5. The number of hydrogen-bond donors (Lipinski definition) is 1. The standard InChI is InChI=1S/C19H20Cl2N2O2/c1-25-18-16(10-14(20)11-17(18)21)19(24)22-15-6-4-13(5-7-15)12-23-8-2-3-9-23/h4-7,10-11H,2-3,8-9,12H2,1H3,(H,22,24). The summed E-state index contributed by atoms with van der Waals surface area (Å²) < 4.78 is 5.23. The van der Waals surface area contributed by atoms with E-state index < -0.39 is 0 Å². The van der Waals surface area contributed by atoms with Gasteiger partial charge in [0.1, 0.15) is 5.75 Å². The van der Waals surface area contributed by atoms with Crippen LogP contribution in [0.5, 0.6) is 5.75 Å². The second-order valence-electron chi connectivity index (χ2n) is 6.10. The predicted molar refractivity (Wildman–Crippen MR) is 102 cm³/mol. The minimum atomic E-state index is -0.312. The Balaban J connectivity index is 1.70. The molecule has 1 amide bonds. The quantitative estimate of drug-likeness (QED) is 0.808. The molecular formula is C19H20Cl2N2O2. The molecule has 2 aromatic rings. The highest BCUT2D eigenvalue weighted by molar-refractivity contribution is 6.36. The number of anilines is 1. The topological polar surface area (TPSA) is 41.6 Å². The number of methoxy groups -OCH3 is 1. The highest BCUT2D eigenvalue weighted by Gasteiger charge is 2.17. The summed E-state index contributed by atoms with van der Waals surface area (Å²) in [5, 5.41) is 3.55. The fourth-order valence-corrected chi connectivity index (χ4v) is 3.60. The third-order valence-corrected chi connectivity index (χ3v) is 4.77. The molecule has 1 aliphatic rings. The van der Waals surface area contributed by atoms with Gasteiger partial charge in [-0.1, -0.05) is 35.3 Å². The number of benzene rings is 2. The van der Waals surface area contributed by atoms with Crippen molar-refractivity contribution in [3.63, 3.8) is 0 Å². The molecule has 132 valence electrons. The Labute approximate surface area is 157 Å². The summed E-state index contributed by atoms with van der Waals surface area (Å²) in [6.07, 6.45) is 2.55. The molecule has 1 saturated heterocycles. The van der Waals surface area contributed by atoms with Gasteiger partial charge >= 0.3 is 0 Å². The van der Waals surface area contributed by atoms with Crippen LogP contribution in [0, 0.1) is 0 Å². The van der Waals surface area contributed by atoms with E-state index in [1.54, 1.807) is 12.1 Å². The lowest BCUT2D eigenvalue weighted by Crippen LogP contribution is -2.18. The van der Waals surface area contributed by atoms with Gasteiger partial charge in [-0.2, -0.15) is 0 Å². The summed E-state index contributed by atoms with van der Waals surface area (Å²) in [5.41, 5.74) is 2.26. The van der Waals surface area contributed by atoms with Gasteiger partial charge in [0.15, 0.2) is 0 Å². The molecule has 0 saturated carbocycles. The molecule has 1 fully saturated rings. The Morgan fingerprint density at radius 3 is 2.48 bits per heavy atom. The lowest BCUT2D eigenvalue weighted by molar-refractivity contribution is 0.102. The Morgan fingerprint density at radius 2 is 1.84 bits per heavy atom. The second kappa shape index (κ2) is 8.09. The van der Waals surface area contributed by atoms with Crippen molar-refractivity contribution in [2.24, 2.45) is 0 Å². The predicted octanol–water partition coefficient (Wildman–Crippen LogP) is 4.85. The largest absolute Gasteiger partial charge is 0.494 e. The van der Waals surface area contributed by atoms with Crippen LogP contribution in [0.25, 0.3) is 0 Å². The van der Waals surface area contributed by atoms with Crippen LogP contribution < -0.4 is 10.1 Å².